The van der Waals surface area contributed by atoms with E-state index in [9.17, 15) is 19.2 Å². The van der Waals surface area contributed by atoms with Crippen LogP contribution in [0.1, 0.15) is 26.3 Å². The second kappa shape index (κ2) is 11.7. The number of hydrogen-bond donors (Lipinski definition) is 2. The van der Waals surface area contributed by atoms with Crippen molar-refractivity contribution in [3.63, 3.8) is 0 Å². The fraction of sp³-hybridized carbons (Fsp3) is 0.500. The van der Waals surface area contributed by atoms with Crippen molar-refractivity contribution >= 4 is 23.5 Å². The van der Waals surface area contributed by atoms with Crippen molar-refractivity contribution < 1.29 is 14.3 Å². The van der Waals surface area contributed by atoms with Gasteiger partial charge in [0.05, 0.1) is 19.7 Å². The van der Waals surface area contributed by atoms with Gasteiger partial charge in [0.2, 0.25) is 5.91 Å². The zero-order valence-corrected chi connectivity index (χ0v) is 20.5. The van der Waals surface area contributed by atoms with Gasteiger partial charge in [0.25, 0.3) is 5.56 Å². The van der Waals surface area contributed by atoms with E-state index >= 15 is 0 Å². The number of carbonyl (C=O) groups excluding carboxylic acids is 2. The van der Waals surface area contributed by atoms with Crippen LogP contribution < -0.4 is 21.9 Å². The van der Waals surface area contributed by atoms with Gasteiger partial charge < -0.3 is 20.3 Å². The summed E-state index contributed by atoms with van der Waals surface area (Å²) in [5.41, 5.74) is 5.82. The Hall–Kier alpha value is -3.60. The van der Waals surface area contributed by atoms with E-state index < -0.39 is 11.2 Å². The van der Waals surface area contributed by atoms with Gasteiger partial charge in [0.15, 0.2) is 5.69 Å². The molecule has 1 saturated heterocycles. The number of amides is 2. The lowest BCUT2D eigenvalue weighted by atomic mass is 10.2. The number of nitrogens with one attached hydrogen (secondary N) is 1. The largest absolute Gasteiger partial charge is 0.450 e. The summed E-state index contributed by atoms with van der Waals surface area (Å²) in [6.45, 7) is 8.30. The molecule has 0 unspecified atom stereocenters. The molecule has 1 fully saturated rings. The van der Waals surface area contributed by atoms with Crippen LogP contribution in [0.25, 0.3) is 0 Å². The first kappa shape index (κ1) is 26.0. The van der Waals surface area contributed by atoms with Crippen molar-refractivity contribution in [1.29, 1.82) is 0 Å². The highest BCUT2D eigenvalue weighted by Crippen LogP contribution is 2.20. The number of ether oxygens (including phenoxy) is 1. The molecule has 190 valence electrons. The summed E-state index contributed by atoms with van der Waals surface area (Å²) >= 11 is 0. The van der Waals surface area contributed by atoms with E-state index in [0.717, 1.165) is 5.56 Å². The van der Waals surface area contributed by atoms with Gasteiger partial charge >= 0.3 is 11.8 Å². The molecule has 0 atom stereocenters. The molecule has 0 radical (unpaired) electrons. The average molecular weight is 487 g/mol. The topological polar surface area (TPSA) is 134 Å². The number of nitrogen functional groups attached to an aromatic ring is 1. The molecule has 0 spiro atoms. The van der Waals surface area contributed by atoms with Gasteiger partial charge in [0, 0.05) is 32.7 Å². The number of hydrogen-bond acceptors (Lipinski definition) is 7. The second-order valence-electron chi connectivity index (χ2n) is 8.93. The fourth-order valence-electron chi connectivity index (χ4n) is 4.02. The summed E-state index contributed by atoms with van der Waals surface area (Å²) in [7, 11) is 0. The minimum Gasteiger partial charge on any atom is -0.450 e. The normalized spacial score (nSPS) is 14.2. The van der Waals surface area contributed by atoms with Gasteiger partial charge in [0.1, 0.15) is 5.82 Å². The van der Waals surface area contributed by atoms with Crippen LogP contribution in [0.5, 0.6) is 0 Å². The van der Waals surface area contributed by atoms with Crippen LogP contribution in [0.3, 0.4) is 0 Å². The van der Waals surface area contributed by atoms with Gasteiger partial charge in [-0.25, -0.2) is 9.59 Å². The average Bonchev–Trinajstić information content (AvgIpc) is 2.82. The van der Waals surface area contributed by atoms with Crippen molar-refractivity contribution in [3.05, 3.63) is 56.7 Å². The van der Waals surface area contributed by atoms with Gasteiger partial charge in [-0.05, 0) is 18.4 Å². The van der Waals surface area contributed by atoms with Crippen molar-refractivity contribution in [3.8, 4) is 0 Å². The summed E-state index contributed by atoms with van der Waals surface area (Å²) in [6, 6.07) is 9.26. The van der Waals surface area contributed by atoms with E-state index in [2.05, 4.69) is 4.98 Å². The predicted molar refractivity (Wildman–Crippen MR) is 134 cm³/mol. The van der Waals surface area contributed by atoms with Crippen molar-refractivity contribution in [2.24, 2.45) is 5.92 Å². The Balaban J connectivity index is 1.83. The van der Waals surface area contributed by atoms with Crippen molar-refractivity contribution in [2.75, 3.05) is 56.5 Å². The number of aromatic nitrogens is 2. The number of rotatable bonds is 8. The summed E-state index contributed by atoms with van der Waals surface area (Å²) in [5, 5.41) is 0. The minimum atomic E-state index is -0.696. The van der Waals surface area contributed by atoms with E-state index in [4.69, 9.17) is 10.5 Å². The molecule has 3 N–H and O–H groups in total. The molecule has 2 aromatic rings. The molecular formula is C24H34N6O5. The van der Waals surface area contributed by atoms with Crippen LogP contribution in [0.2, 0.25) is 0 Å². The first-order valence-electron chi connectivity index (χ1n) is 11.8. The highest BCUT2D eigenvalue weighted by atomic mass is 16.6. The molecule has 0 bridgehead atoms. The van der Waals surface area contributed by atoms with Crippen molar-refractivity contribution in [1.82, 2.24) is 19.4 Å². The Morgan fingerprint density at radius 1 is 1.11 bits per heavy atom. The number of benzene rings is 1. The van der Waals surface area contributed by atoms with Crippen LogP contribution in [0.15, 0.2) is 39.9 Å². The maximum atomic E-state index is 13.4. The third kappa shape index (κ3) is 6.50. The zero-order chi connectivity index (χ0) is 25.5. The predicted octanol–water partition coefficient (Wildman–Crippen LogP) is 0.930. The number of nitrogens with two attached hydrogens (primary N) is 1. The maximum absolute atomic E-state index is 13.4. The summed E-state index contributed by atoms with van der Waals surface area (Å²) < 4.78 is 6.31. The van der Waals surface area contributed by atoms with Crippen LogP contribution in [-0.2, 0) is 16.1 Å². The van der Waals surface area contributed by atoms with E-state index in [1.54, 1.807) is 11.8 Å². The lowest BCUT2D eigenvalue weighted by Crippen LogP contribution is -2.52. The molecule has 1 aliphatic rings. The van der Waals surface area contributed by atoms with Gasteiger partial charge in [-0.15, -0.1) is 0 Å². The molecule has 35 heavy (non-hydrogen) atoms. The Bertz CT molecular complexity index is 1140. The lowest BCUT2D eigenvalue weighted by molar-refractivity contribution is -0.120. The van der Waals surface area contributed by atoms with Crippen LogP contribution in [0, 0.1) is 5.92 Å². The molecular weight excluding hydrogens is 452 g/mol. The van der Waals surface area contributed by atoms with Crippen LogP contribution >= 0.6 is 0 Å². The van der Waals surface area contributed by atoms with E-state index in [1.165, 1.54) is 9.47 Å². The quantitative estimate of drug-likeness (QED) is 0.567. The molecule has 0 aliphatic carbocycles. The monoisotopic (exact) mass is 486 g/mol. The van der Waals surface area contributed by atoms with Gasteiger partial charge in [-0.3, -0.25) is 24.0 Å². The van der Waals surface area contributed by atoms with Gasteiger partial charge in [-0.2, -0.15) is 0 Å². The smallest absolute Gasteiger partial charge is 0.409 e. The minimum absolute atomic E-state index is 0.0237. The number of H-pyrrole nitrogens is 1. The number of piperazine rings is 1. The summed E-state index contributed by atoms with van der Waals surface area (Å²) in [4.78, 5) is 58.0. The zero-order valence-electron chi connectivity index (χ0n) is 20.5. The summed E-state index contributed by atoms with van der Waals surface area (Å²) in [6.07, 6.45) is -0.361. The molecule has 11 heteroatoms. The molecule has 2 amide bonds. The van der Waals surface area contributed by atoms with E-state index in [1.807, 2.05) is 49.1 Å². The molecule has 0 saturated carbocycles. The van der Waals surface area contributed by atoms with E-state index in [-0.39, 0.29) is 49.1 Å². The number of anilines is 2. The first-order valence-corrected chi connectivity index (χ1v) is 11.8. The highest BCUT2D eigenvalue weighted by Gasteiger charge is 2.28. The first-order chi connectivity index (χ1) is 16.7. The third-order valence-corrected chi connectivity index (χ3v) is 5.77. The number of aromatic amines is 1. The molecule has 3 rings (SSSR count). The summed E-state index contributed by atoms with van der Waals surface area (Å²) in [5.74, 6) is -0.304. The Labute approximate surface area is 204 Å². The van der Waals surface area contributed by atoms with Crippen LogP contribution in [-0.4, -0.2) is 77.2 Å². The standard InChI is InChI=1S/C24H34N6O5/c1-4-35-24(34)28-12-10-27(11-13-28)16-19(31)29(14-17(2)3)20-21(25)30(23(33)26-22(20)32)15-18-8-6-5-7-9-18/h5-9,17H,4,10-16,25H2,1-3H3,(H,26,32,33). The second-order valence-corrected chi connectivity index (χ2v) is 8.93. The van der Waals surface area contributed by atoms with Crippen LogP contribution in [0.4, 0.5) is 16.3 Å². The number of nitrogens with zero attached hydrogens (tertiary/aromatic N) is 4. The molecule has 1 aromatic heterocycles. The Kier molecular flexibility index (Phi) is 8.69. The Morgan fingerprint density at radius 3 is 2.37 bits per heavy atom. The van der Waals surface area contributed by atoms with E-state index in [0.29, 0.717) is 32.8 Å². The molecule has 1 aliphatic heterocycles. The Morgan fingerprint density at radius 2 is 1.77 bits per heavy atom. The van der Waals surface area contributed by atoms with Gasteiger partial charge in [-0.1, -0.05) is 44.2 Å². The number of carbonyl (C=O) groups is 2. The molecule has 2 heterocycles. The third-order valence-electron chi connectivity index (χ3n) is 5.77. The fourth-order valence-corrected chi connectivity index (χ4v) is 4.02. The SMILES string of the molecule is CCOC(=O)N1CCN(CC(=O)N(CC(C)C)c2c(N)n(Cc3ccccc3)c(=O)[nH]c2=O)CC1. The maximum Gasteiger partial charge on any atom is 0.409 e. The highest BCUT2D eigenvalue weighted by molar-refractivity contribution is 5.96. The molecule has 11 nitrogen and oxygen atoms in total. The van der Waals surface area contributed by atoms with Crippen molar-refractivity contribution in [2.45, 2.75) is 27.3 Å². The molecule has 1 aromatic carbocycles. The lowest BCUT2D eigenvalue weighted by Gasteiger charge is -2.35.